The predicted molar refractivity (Wildman–Crippen MR) is 96.9 cm³/mol. The Labute approximate surface area is 147 Å². The Kier molecular flexibility index (Phi) is 10.5. The largest absolute Gasteiger partial charge is 0.480 e. The van der Waals surface area contributed by atoms with Gasteiger partial charge in [-0.3, -0.25) is 0 Å². The van der Waals surface area contributed by atoms with Crippen LogP contribution in [-0.4, -0.2) is 34.1 Å². The van der Waals surface area contributed by atoms with Gasteiger partial charge in [-0.1, -0.05) is 77.6 Å². The van der Waals surface area contributed by atoms with Gasteiger partial charge in [0.05, 0.1) is 0 Å². The molecule has 2 amide bonds. The number of carbonyl (C=O) groups is 2. The molecule has 0 aliphatic heterocycles. The highest BCUT2D eigenvalue weighted by atomic mass is 16.4. The molecule has 1 unspecified atom stereocenters. The summed E-state index contributed by atoms with van der Waals surface area (Å²) >= 11 is 0. The molecule has 1 aliphatic carbocycles. The van der Waals surface area contributed by atoms with Crippen molar-refractivity contribution in [1.29, 1.82) is 0 Å². The monoisotopic (exact) mass is 340 g/mol. The first-order valence-corrected chi connectivity index (χ1v) is 9.88. The van der Waals surface area contributed by atoms with Crippen LogP contribution in [0.5, 0.6) is 0 Å². The highest BCUT2D eigenvalue weighted by Gasteiger charge is 2.34. The Balaban J connectivity index is 2.40. The van der Waals surface area contributed by atoms with Gasteiger partial charge in [0.1, 0.15) is 6.04 Å². The lowest BCUT2D eigenvalue weighted by Crippen LogP contribution is -2.53. The van der Waals surface area contributed by atoms with Crippen molar-refractivity contribution < 1.29 is 14.7 Å². The maximum atomic E-state index is 11.9. The molecule has 5 nitrogen and oxygen atoms in total. The van der Waals surface area contributed by atoms with Crippen LogP contribution in [0.1, 0.15) is 96.8 Å². The molecule has 1 rings (SSSR count). The molecule has 1 saturated carbocycles. The van der Waals surface area contributed by atoms with Crippen LogP contribution in [0.25, 0.3) is 0 Å². The van der Waals surface area contributed by atoms with Crippen molar-refractivity contribution in [2.75, 3.05) is 0 Å². The van der Waals surface area contributed by atoms with Crippen LogP contribution in [-0.2, 0) is 4.79 Å². The van der Waals surface area contributed by atoms with Gasteiger partial charge in [-0.25, -0.2) is 9.59 Å². The fraction of sp³-hybridized carbons (Fsp3) is 0.895. The first-order chi connectivity index (χ1) is 11.6. The van der Waals surface area contributed by atoms with Crippen molar-refractivity contribution in [2.24, 2.45) is 5.73 Å². The van der Waals surface area contributed by atoms with Crippen molar-refractivity contribution >= 4 is 12.0 Å². The molecule has 0 aromatic rings. The highest BCUT2D eigenvalue weighted by molar-refractivity contribution is 5.82. The van der Waals surface area contributed by atoms with Crippen LogP contribution >= 0.6 is 0 Å². The summed E-state index contributed by atoms with van der Waals surface area (Å²) in [5.41, 5.74) is 5.53. The predicted octanol–water partition coefficient (Wildman–Crippen LogP) is 4.68. The molecule has 5 heteroatoms. The van der Waals surface area contributed by atoms with Gasteiger partial charge in [0.25, 0.3) is 0 Å². The minimum absolute atomic E-state index is 0.00592. The molecule has 1 aliphatic rings. The van der Waals surface area contributed by atoms with Crippen LogP contribution in [0.3, 0.4) is 0 Å². The molecule has 1 atom stereocenters. The van der Waals surface area contributed by atoms with E-state index in [-0.39, 0.29) is 6.04 Å². The first-order valence-electron chi connectivity index (χ1n) is 9.88. The van der Waals surface area contributed by atoms with E-state index in [1.807, 2.05) is 0 Å². The number of aliphatic carboxylic acids is 1. The van der Waals surface area contributed by atoms with Gasteiger partial charge in [-0.05, 0) is 19.3 Å². The van der Waals surface area contributed by atoms with Crippen molar-refractivity contribution in [3.05, 3.63) is 0 Å². The second-order valence-electron chi connectivity index (χ2n) is 7.15. The summed E-state index contributed by atoms with van der Waals surface area (Å²) in [6.45, 7) is 2.21. The molecule has 0 spiro atoms. The van der Waals surface area contributed by atoms with E-state index in [0.29, 0.717) is 6.42 Å². The van der Waals surface area contributed by atoms with E-state index in [1.54, 1.807) is 0 Å². The zero-order chi connectivity index (χ0) is 17.8. The van der Waals surface area contributed by atoms with E-state index in [0.717, 1.165) is 44.9 Å². The smallest absolute Gasteiger partial charge is 0.326 e. The number of amides is 2. The third-order valence-corrected chi connectivity index (χ3v) is 5.17. The maximum absolute atomic E-state index is 11.9. The van der Waals surface area contributed by atoms with Crippen LogP contribution < -0.4 is 5.73 Å². The van der Waals surface area contributed by atoms with E-state index in [1.165, 1.54) is 43.4 Å². The lowest BCUT2D eigenvalue weighted by atomic mass is 9.92. The van der Waals surface area contributed by atoms with Gasteiger partial charge < -0.3 is 15.7 Å². The highest BCUT2D eigenvalue weighted by Crippen LogP contribution is 2.26. The molecule has 0 heterocycles. The molecular weight excluding hydrogens is 304 g/mol. The number of carbonyl (C=O) groups excluding carboxylic acids is 1. The zero-order valence-electron chi connectivity index (χ0n) is 15.3. The molecule has 140 valence electrons. The number of carboxylic acids is 1. The van der Waals surface area contributed by atoms with E-state index < -0.39 is 18.0 Å². The Morgan fingerprint density at radius 2 is 1.54 bits per heavy atom. The van der Waals surface area contributed by atoms with Crippen molar-refractivity contribution in [3.8, 4) is 0 Å². The average Bonchev–Trinajstić information content (AvgIpc) is 2.56. The fourth-order valence-electron chi connectivity index (χ4n) is 3.80. The Morgan fingerprint density at radius 1 is 1.00 bits per heavy atom. The molecule has 0 aromatic carbocycles. The summed E-state index contributed by atoms with van der Waals surface area (Å²) < 4.78 is 0. The van der Waals surface area contributed by atoms with Gasteiger partial charge in [-0.2, -0.15) is 0 Å². The summed E-state index contributed by atoms with van der Waals surface area (Å²) in [5, 5.41) is 9.57. The van der Waals surface area contributed by atoms with Gasteiger partial charge in [0, 0.05) is 6.04 Å². The number of primary amides is 1. The van der Waals surface area contributed by atoms with Crippen molar-refractivity contribution in [3.63, 3.8) is 0 Å². The van der Waals surface area contributed by atoms with Gasteiger partial charge in [0.15, 0.2) is 0 Å². The summed E-state index contributed by atoms with van der Waals surface area (Å²) in [6.07, 6.45) is 14.9. The van der Waals surface area contributed by atoms with Crippen LogP contribution in [0.4, 0.5) is 4.79 Å². The van der Waals surface area contributed by atoms with Gasteiger partial charge >= 0.3 is 12.0 Å². The number of nitrogens with zero attached hydrogens (tertiary/aromatic N) is 1. The van der Waals surface area contributed by atoms with E-state index in [4.69, 9.17) is 5.73 Å². The maximum Gasteiger partial charge on any atom is 0.326 e. The average molecular weight is 341 g/mol. The molecule has 1 fully saturated rings. The molecule has 0 saturated heterocycles. The first kappa shape index (κ1) is 20.8. The molecule has 0 radical (unpaired) electrons. The molecular formula is C19H36N2O3. The molecule has 0 bridgehead atoms. The number of rotatable bonds is 12. The number of unbranched alkanes of at least 4 members (excludes halogenated alkanes) is 7. The Bertz CT molecular complexity index is 368. The summed E-state index contributed by atoms with van der Waals surface area (Å²) in [5.74, 6) is -0.915. The molecule has 0 aromatic heterocycles. The summed E-state index contributed by atoms with van der Waals surface area (Å²) in [6, 6.07) is -1.33. The second-order valence-corrected chi connectivity index (χ2v) is 7.15. The normalized spacial score (nSPS) is 16.7. The van der Waals surface area contributed by atoms with Gasteiger partial charge in [-0.15, -0.1) is 0 Å². The molecule has 3 N–H and O–H groups in total. The number of hydrogen-bond acceptors (Lipinski definition) is 2. The lowest BCUT2D eigenvalue weighted by molar-refractivity contribution is -0.143. The summed E-state index contributed by atoms with van der Waals surface area (Å²) in [7, 11) is 0. The molecule has 24 heavy (non-hydrogen) atoms. The standard InChI is InChI=1S/C19H36N2O3/c1-2-3-4-5-6-7-8-12-15-17(18(22)23)21(19(20)24)16-13-10-9-11-14-16/h16-17H,2-15H2,1H3,(H2,20,24)(H,22,23). The third-order valence-electron chi connectivity index (χ3n) is 5.17. The Morgan fingerprint density at radius 3 is 2.04 bits per heavy atom. The van der Waals surface area contributed by atoms with E-state index >= 15 is 0 Å². The zero-order valence-corrected chi connectivity index (χ0v) is 15.3. The van der Waals surface area contributed by atoms with Crippen LogP contribution in [0.2, 0.25) is 0 Å². The van der Waals surface area contributed by atoms with E-state index in [9.17, 15) is 14.7 Å². The van der Waals surface area contributed by atoms with Crippen molar-refractivity contribution in [2.45, 2.75) is 109 Å². The third kappa shape index (κ3) is 7.54. The fourth-order valence-corrected chi connectivity index (χ4v) is 3.80. The van der Waals surface area contributed by atoms with Gasteiger partial charge in [0.2, 0.25) is 0 Å². The number of urea groups is 1. The SMILES string of the molecule is CCCCCCCCCCC(C(=O)O)N(C(N)=O)C1CCCCC1. The van der Waals surface area contributed by atoms with Crippen LogP contribution in [0, 0.1) is 0 Å². The summed E-state index contributed by atoms with van der Waals surface area (Å²) in [4.78, 5) is 25.0. The minimum Gasteiger partial charge on any atom is -0.480 e. The van der Waals surface area contributed by atoms with Crippen molar-refractivity contribution in [1.82, 2.24) is 4.90 Å². The quantitative estimate of drug-likeness (QED) is 0.506. The lowest BCUT2D eigenvalue weighted by Gasteiger charge is -2.37. The number of nitrogens with two attached hydrogens (primary N) is 1. The van der Waals surface area contributed by atoms with E-state index in [2.05, 4.69) is 6.92 Å². The Hall–Kier alpha value is -1.26. The number of hydrogen-bond donors (Lipinski definition) is 2. The topological polar surface area (TPSA) is 83.6 Å². The minimum atomic E-state index is -0.915. The van der Waals surface area contributed by atoms with Crippen LogP contribution in [0.15, 0.2) is 0 Å². The number of carboxylic acid groups (broad SMARTS) is 1. The second kappa shape index (κ2) is 12.2.